The summed E-state index contributed by atoms with van der Waals surface area (Å²) >= 11 is 1.87. The Kier molecular flexibility index (Phi) is 1.51. The molecule has 0 spiro atoms. The number of fused-ring (bicyclic) bond motifs is 1. The van der Waals surface area contributed by atoms with Crippen LogP contribution in [0.5, 0.6) is 0 Å². The number of hydrogen-bond acceptors (Lipinski definition) is 2. The third-order valence-corrected chi connectivity index (χ3v) is 2.91. The quantitative estimate of drug-likeness (QED) is 0.513. The molecule has 0 bridgehead atoms. The zero-order valence-electron chi connectivity index (χ0n) is 5.84. The zero-order chi connectivity index (χ0) is 6.97. The van der Waals surface area contributed by atoms with Gasteiger partial charge in [-0.1, -0.05) is 0 Å². The summed E-state index contributed by atoms with van der Waals surface area (Å²) in [4.78, 5) is 3.68. The molecule has 10 heavy (non-hydrogen) atoms. The third kappa shape index (κ3) is 0.976. The first-order valence-electron chi connectivity index (χ1n) is 3.47. The van der Waals surface area contributed by atoms with Gasteiger partial charge in [0.25, 0.3) is 0 Å². The van der Waals surface area contributed by atoms with Gasteiger partial charge in [-0.2, -0.15) is 0 Å². The standard InChI is InChI=1S/C8H10NS/c1-9-4-2-8-7(6-9)3-5-10-8/h3,5H,1-2,4,6H2/q-1. The molecule has 0 aliphatic carbocycles. The summed E-state index contributed by atoms with van der Waals surface area (Å²) in [5.41, 5.74) is 1.48. The maximum absolute atomic E-state index is 3.91. The van der Waals surface area contributed by atoms with Crippen molar-refractivity contribution in [3.63, 3.8) is 0 Å². The Morgan fingerprint density at radius 2 is 2.50 bits per heavy atom. The Balaban J connectivity index is 2.30. The van der Waals surface area contributed by atoms with E-state index >= 15 is 0 Å². The largest absolute Gasteiger partial charge is 0.455 e. The molecule has 0 fully saturated rings. The number of nitrogens with zero attached hydrogens (tertiary/aromatic N) is 1. The zero-order valence-corrected chi connectivity index (χ0v) is 6.66. The maximum atomic E-state index is 3.91. The summed E-state index contributed by atoms with van der Waals surface area (Å²) in [5, 5.41) is 2.17. The SMILES string of the molecule is [CH2-]N1CCc2sccc2C1. The summed E-state index contributed by atoms with van der Waals surface area (Å²) in [6, 6.07) is 2.21. The van der Waals surface area contributed by atoms with E-state index in [9.17, 15) is 0 Å². The van der Waals surface area contributed by atoms with E-state index in [0.717, 1.165) is 13.1 Å². The molecule has 54 valence electrons. The molecule has 0 aromatic carbocycles. The van der Waals surface area contributed by atoms with Crippen molar-refractivity contribution in [3.05, 3.63) is 28.9 Å². The minimum absolute atomic E-state index is 1.04. The average molecular weight is 152 g/mol. The Bertz CT molecular complexity index is 229. The van der Waals surface area contributed by atoms with Crippen molar-refractivity contribution in [1.82, 2.24) is 4.90 Å². The second kappa shape index (κ2) is 2.36. The molecule has 0 N–H and O–H groups in total. The highest BCUT2D eigenvalue weighted by Gasteiger charge is 2.09. The molecular weight excluding hydrogens is 142 g/mol. The van der Waals surface area contributed by atoms with Crippen LogP contribution in [0.2, 0.25) is 0 Å². The molecule has 0 saturated heterocycles. The van der Waals surface area contributed by atoms with Crippen molar-refractivity contribution in [3.8, 4) is 0 Å². The van der Waals surface area contributed by atoms with E-state index < -0.39 is 0 Å². The molecule has 1 aromatic rings. The van der Waals surface area contributed by atoms with Gasteiger partial charge in [-0.3, -0.25) is 7.05 Å². The molecule has 0 amide bonds. The lowest BCUT2D eigenvalue weighted by atomic mass is 10.1. The van der Waals surface area contributed by atoms with Crippen LogP contribution in [0.4, 0.5) is 0 Å². The van der Waals surface area contributed by atoms with Gasteiger partial charge in [-0.25, -0.2) is 0 Å². The van der Waals surface area contributed by atoms with E-state index in [1.54, 1.807) is 4.88 Å². The number of thiophene rings is 1. The smallest absolute Gasteiger partial charge is 0.0101 e. The molecule has 2 heteroatoms. The molecule has 0 saturated carbocycles. The topological polar surface area (TPSA) is 3.24 Å². The van der Waals surface area contributed by atoms with Crippen molar-refractivity contribution in [2.75, 3.05) is 6.54 Å². The summed E-state index contributed by atoms with van der Waals surface area (Å²) < 4.78 is 0. The molecule has 1 nitrogen and oxygen atoms in total. The van der Waals surface area contributed by atoms with Crippen LogP contribution in [0, 0.1) is 7.05 Å². The van der Waals surface area contributed by atoms with Crippen molar-refractivity contribution in [2.45, 2.75) is 13.0 Å². The van der Waals surface area contributed by atoms with Crippen LogP contribution in [-0.2, 0) is 13.0 Å². The van der Waals surface area contributed by atoms with Crippen LogP contribution >= 0.6 is 11.3 Å². The van der Waals surface area contributed by atoms with Crippen LogP contribution in [0.25, 0.3) is 0 Å². The summed E-state index contributed by atoms with van der Waals surface area (Å²) in [7, 11) is 3.91. The van der Waals surface area contributed by atoms with Crippen LogP contribution < -0.4 is 0 Å². The van der Waals surface area contributed by atoms with Crippen molar-refractivity contribution in [2.24, 2.45) is 0 Å². The van der Waals surface area contributed by atoms with Crippen molar-refractivity contribution in [1.29, 1.82) is 0 Å². The van der Waals surface area contributed by atoms with E-state index in [2.05, 4.69) is 23.4 Å². The van der Waals surface area contributed by atoms with Gasteiger partial charge in [-0.05, 0) is 36.5 Å². The second-order valence-corrected chi connectivity index (χ2v) is 3.67. The molecule has 2 heterocycles. The number of rotatable bonds is 0. The van der Waals surface area contributed by atoms with Gasteiger partial charge >= 0.3 is 0 Å². The molecule has 0 radical (unpaired) electrons. The lowest BCUT2D eigenvalue weighted by Gasteiger charge is -2.29. The lowest BCUT2D eigenvalue weighted by molar-refractivity contribution is 0.350. The highest BCUT2D eigenvalue weighted by molar-refractivity contribution is 7.10. The molecule has 1 aliphatic rings. The molecule has 1 aromatic heterocycles. The van der Waals surface area contributed by atoms with E-state index in [1.165, 1.54) is 12.0 Å². The Hall–Kier alpha value is -0.340. The first kappa shape index (κ1) is 6.38. The van der Waals surface area contributed by atoms with Crippen LogP contribution in [0.15, 0.2) is 11.4 Å². The summed E-state index contributed by atoms with van der Waals surface area (Å²) in [5.74, 6) is 0. The fourth-order valence-electron chi connectivity index (χ4n) is 1.31. The van der Waals surface area contributed by atoms with Gasteiger partial charge in [0.1, 0.15) is 0 Å². The van der Waals surface area contributed by atoms with Crippen LogP contribution in [0.1, 0.15) is 10.4 Å². The molecule has 2 rings (SSSR count). The van der Waals surface area contributed by atoms with E-state index in [0.29, 0.717) is 0 Å². The van der Waals surface area contributed by atoms with Gasteiger partial charge in [0.15, 0.2) is 0 Å². The minimum Gasteiger partial charge on any atom is -0.455 e. The van der Waals surface area contributed by atoms with Crippen molar-refractivity contribution < 1.29 is 0 Å². The highest BCUT2D eigenvalue weighted by Crippen LogP contribution is 2.22. The Labute approximate surface area is 65.3 Å². The Morgan fingerprint density at radius 3 is 3.40 bits per heavy atom. The van der Waals surface area contributed by atoms with Crippen LogP contribution in [-0.4, -0.2) is 11.4 Å². The van der Waals surface area contributed by atoms with Gasteiger partial charge in [-0.15, -0.1) is 11.3 Å². The molecule has 0 atom stereocenters. The first-order chi connectivity index (χ1) is 4.86. The second-order valence-electron chi connectivity index (χ2n) is 2.67. The molecule has 0 unspecified atom stereocenters. The Morgan fingerprint density at radius 1 is 1.60 bits per heavy atom. The molecule has 1 aliphatic heterocycles. The summed E-state index contributed by atoms with van der Waals surface area (Å²) in [6.45, 7) is 2.16. The minimum atomic E-state index is 1.04. The molecular formula is C8H10NS-. The number of hydrogen-bond donors (Lipinski definition) is 0. The maximum Gasteiger partial charge on any atom is 0.0101 e. The predicted molar refractivity (Wildman–Crippen MR) is 43.8 cm³/mol. The first-order valence-corrected chi connectivity index (χ1v) is 4.35. The summed E-state index contributed by atoms with van der Waals surface area (Å²) in [6.07, 6.45) is 1.19. The third-order valence-electron chi connectivity index (χ3n) is 1.89. The lowest BCUT2D eigenvalue weighted by Crippen LogP contribution is -2.23. The fraction of sp³-hybridized carbons (Fsp3) is 0.375. The van der Waals surface area contributed by atoms with Crippen molar-refractivity contribution >= 4 is 11.3 Å². The van der Waals surface area contributed by atoms with Crippen LogP contribution in [0.3, 0.4) is 0 Å². The average Bonchev–Trinajstić information content (AvgIpc) is 2.33. The monoisotopic (exact) mass is 152 g/mol. The van der Waals surface area contributed by atoms with E-state index in [-0.39, 0.29) is 0 Å². The van der Waals surface area contributed by atoms with E-state index in [4.69, 9.17) is 0 Å². The highest BCUT2D eigenvalue weighted by atomic mass is 32.1. The van der Waals surface area contributed by atoms with Gasteiger partial charge in [0.2, 0.25) is 0 Å². The van der Waals surface area contributed by atoms with Gasteiger partial charge in [0.05, 0.1) is 0 Å². The van der Waals surface area contributed by atoms with Gasteiger partial charge < -0.3 is 4.90 Å². The van der Waals surface area contributed by atoms with E-state index in [1.807, 2.05) is 11.3 Å². The normalized spacial score (nSPS) is 18.9. The predicted octanol–water partition coefficient (Wildman–Crippen LogP) is 1.90. The van der Waals surface area contributed by atoms with Gasteiger partial charge in [0, 0.05) is 4.88 Å². The fourth-order valence-corrected chi connectivity index (χ4v) is 2.20.